The monoisotopic (exact) mass is 489 g/mol. The van der Waals surface area contributed by atoms with Gasteiger partial charge < -0.3 is 10.1 Å². The van der Waals surface area contributed by atoms with Gasteiger partial charge in [0.25, 0.3) is 0 Å². The van der Waals surface area contributed by atoms with Crippen LogP contribution >= 0.6 is 11.8 Å². The van der Waals surface area contributed by atoms with E-state index in [1.807, 2.05) is 25.1 Å². The zero-order valence-electron chi connectivity index (χ0n) is 19.0. The number of thioether (sulfide) groups is 1. The number of likely N-dealkylation sites (tertiary alicyclic amines) is 1. The molecule has 0 radical (unpaired) electrons. The molecule has 178 valence electrons. The van der Waals surface area contributed by atoms with Crippen LogP contribution in [0.2, 0.25) is 0 Å². The van der Waals surface area contributed by atoms with Crippen LogP contribution in [0, 0.1) is 5.92 Å². The van der Waals surface area contributed by atoms with E-state index in [9.17, 15) is 13.2 Å². The second-order valence-corrected chi connectivity index (χ2v) is 12.0. The lowest BCUT2D eigenvalue weighted by atomic mass is 9.97. The summed E-state index contributed by atoms with van der Waals surface area (Å²) < 4.78 is 34.1. The highest BCUT2D eigenvalue weighted by Gasteiger charge is 2.25. The van der Waals surface area contributed by atoms with Gasteiger partial charge in [0.05, 0.1) is 17.7 Å². The minimum atomic E-state index is -3.65. The van der Waals surface area contributed by atoms with Crippen molar-refractivity contribution in [2.24, 2.45) is 5.92 Å². The van der Waals surface area contributed by atoms with Gasteiger partial charge in [-0.1, -0.05) is 25.1 Å². The minimum Gasteiger partial charge on any atom is -0.496 e. The Morgan fingerprint density at radius 2 is 1.94 bits per heavy atom. The Bertz CT molecular complexity index is 1100. The van der Waals surface area contributed by atoms with Gasteiger partial charge >= 0.3 is 0 Å². The second kappa shape index (κ2) is 10.5. The van der Waals surface area contributed by atoms with E-state index in [4.69, 9.17) is 4.74 Å². The van der Waals surface area contributed by atoms with Crippen molar-refractivity contribution in [3.8, 4) is 5.75 Å². The molecule has 2 aliphatic rings. The molecule has 33 heavy (non-hydrogen) atoms. The van der Waals surface area contributed by atoms with Crippen LogP contribution in [0.1, 0.15) is 31.7 Å². The second-order valence-electron chi connectivity index (χ2n) is 8.72. The summed E-state index contributed by atoms with van der Waals surface area (Å²) in [5.74, 6) is 1.11. The van der Waals surface area contributed by atoms with Crippen LogP contribution in [0.4, 0.5) is 5.69 Å². The van der Waals surface area contributed by atoms with Crippen molar-refractivity contribution in [1.82, 2.24) is 9.62 Å². The first-order valence-corrected chi connectivity index (χ1v) is 13.6. The number of nitrogens with one attached hydrogen (secondary N) is 2. The zero-order chi connectivity index (χ0) is 23.4. The molecule has 1 fully saturated rings. The van der Waals surface area contributed by atoms with Gasteiger partial charge in [0, 0.05) is 35.2 Å². The summed E-state index contributed by atoms with van der Waals surface area (Å²) in [4.78, 5) is 15.5. The van der Waals surface area contributed by atoms with Crippen molar-refractivity contribution in [1.29, 1.82) is 0 Å². The molecule has 2 N–H and O–H groups in total. The maximum atomic E-state index is 12.9. The van der Waals surface area contributed by atoms with Gasteiger partial charge in [-0.05, 0) is 56.1 Å². The molecule has 1 atom stereocenters. The highest BCUT2D eigenvalue weighted by atomic mass is 32.2. The zero-order valence-corrected chi connectivity index (χ0v) is 20.7. The third-order valence-electron chi connectivity index (χ3n) is 6.19. The fraction of sp³-hybridized carbons (Fsp3) is 0.458. The van der Waals surface area contributed by atoms with Crippen LogP contribution in [0.5, 0.6) is 5.75 Å². The molecule has 7 nitrogen and oxygen atoms in total. The van der Waals surface area contributed by atoms with E-state index in [2.05, 4.69) is 21.0 Å². The van der Waals surface area contributed by atoms with Crippen molar-refractivity contribution in [3.63, 3.8) is 0 Å². The molecule has 2 heterocycles. The summed E-state index contributed by atoms with van der Waals surface area (Å²) in [5, 5.41) is 2.99. The number of carbonyl (C=O) groups excluding carboxylic acids is 1. The number of amides is 1. The number of rotatable bonds is 7. The lowest BCUT2D eigenvalue weighted by molar-refractivity contribution is -0.116. The molecule has 0 aliphatic carbocycles. The van der Waals surface area contributed by atoms with Crippen LogP contribution in [-0.4, -0.2) is 51.2 Å². The largest absolute Gasteiger partial charge is 0.496 e. The molecule has 2 aromatic carbocycles. The molecule has 2 aromatic rings. The number of carbonyl (C=O) groups is 1. The first kappa shape index (κ1) is 24.1. The Kier molecular flexibility index (Phi) is 7.63. The molecule has 1 unspecified atom stereocenters. The van der Waals surface area contributed by atoms with Crippen LogP contribution in [0.25, 0.3) is 0 Å². The first-order chi connectivity index (χ1) is 15.8. The number of sulfonamides is 1. The van der Waals surface area contributed by atoms with Crippen molar-refractivity contribution in [2.75, 3.05) is 32.1 Å². The quantitative estimate of drug-likeness (QED) is 0.617. The molecular formula is C24H31N3O4S2. The van der Waals surface area contributed by atoms with E-state index in [1.165, 1.54) is 5.56 Å². The van der Waals surface area contributed by atoms with Gasteiger partial charge in [0.2, 0.25) is 15.9 Å². The maximum Gasteiger partial charge on any atom is 0.240 e. The van der Waals surface area contributed by atoms with Gasteiger partial charge in [0.15, 0.2) is 0 Å². The SMILES string of the molecule is COc1ccccc1CN1CCC(CNS(=O)(=O)c2ccc3c(c2)NC(=O)CC(C)S3)CC1. The number of methoxy groups -OCH3 is 1. The van der Waals surface area contributed by atoms with E-state index in [-0.39, 0.29) is 16.1 Å². The summed E-state index contributed by atoms with van der Waals surface area (Å²) in [7, 11) is -1.96. The molecular weight excluding hydrogens is 458 g/mol. The number of hydrogen-bond donors (Lipinski definition) is 2. The van der Waals surface area contributed by atoms with Crippen molar-refractivity contribution < 1.29 is 17.9 Å². The number of anilines is 1. The predicted octanol–water partition coefficient (Wildman–Crippen LogP) is 3.71. The number of ether oxygens (including phenoxy) is 1. The van der Waals surface area contributed by atoms with Crippen molar-refractivity contribution in [2.45, 2.75) is 47.8 Å². The molecule has 0 bridgehead atoms. The standard InChI is InChI=1S/C24H31N3O4S2/c1-17-13-24(28)26-21-14-20(7-8-23(21)32-17)33(29,30)25-15-18-9-11-27(12-10-18)16-19-5-3-4-6-22(19)31-2/h3-8,14,17-18,25H,9-13,15-16H2,1-2H3,(H,26,28). The Balaban J connectivity index is 1.32. The lowest BCUT2D eigenvalue weighted by Gasteiger charge is -2.32. The summed E-state index contributed by atoms with van der Waals surface area (Å²) in [6.07, 6.45) is 2.29. The molecule has 0 spiro atoms. The molecule has 1 amide bonds. The van der Waals surface area contributed by atoms with E-state index in [1.54, 1.807) is 37.1 Å². The summed E-state index contributed by atoms with van der Waals surface area (Å²) in [6.45, 7) is 5.09. The van der Waals surface area contributed by atoms with E-state index < -0.39 is 10.0 Å². The highest BCUT2D eigenvalue weighted by Crippen LogP contribution is 2.36. The average molecular weight is 490 g/mol. The van der Waals surface area contributed by atoms with Crippen LogP contribution in [0.15, 0.2) is 52.3 Å². The first-order valence-electron chi connectivity index (χ1n) is 11.3. The number of para-hydroxylation sites is 1. The number of fused-ring (bicyclic) bond motifs is 1. The third-order valence-corrected chi connectivity index (χ3v) is 8.79. The predicted molar refractivity (Wildman–Crippen MR) is 131 cm³/mol. The third kappa shape index (κ3) is 6.09. The maximum absolute atomic E-state index is 12.9. The molecule has 0 aromatic heterocycles. The smallest absolute Gasteiger partial charge is 0.240 e. The normalized spacial score (nSPS) is 20.1. The number of benzene rings is 2. The van der Waals surface area contributed by atoms with Gasteiger partial charge in [-0.25, -0.2) is 13.1 Å². The van der Waals surface area contributed by atoms with Gasteiger partial charge in [0.1, 0.15) is 5.75 Å². The lowest BCUT2D eigenvalue weighted by Crippen LogP contribution is -2.38. The van der Waals surface area contributed by atoms with Crippen LogP contribution in [0.3, 0.4) is 0 Å². The minimum absolute atomic E-state index is 0.0869. The summed E-state index contributed by atoms with van der Waals surface area (Å²) >= 11 is 1.58. The molecule has 9 heteroatoms. The number of hydrogen-bond acceptors (Lipinski definition) is 6. The van der Waals surface area contributed by atoms with Crippen LogP contribution < -0.4 is 14.8 Å². The Hall–Kier alpha value is -2.07. The Morgan fingerprint density at radius 3 is 2.70 bits per heavy atom. The fourth-order valence-corrected chi connectivity index (χ4v) is 6.53. The Morgan fingerprint density at radius 1 is 1.18 bits per heavy atom. The average Bonchev–Trinajstić information content (AvgIpc) is 2.94. The summed E-state index contributed by atoms with van der Waals surface area (Å²) in [5.41, 5.74) is 1.74. The molecule has 4 rings (SSSR count). The van der Waals surface area contributed by atoms with Crippen molar-refractivity contribution in [3.05, 3.63) is 48.0 Å². The van der Waals surface area contributed by atoms with E-state index in [0.29, 0.717) is 24.6 Å². The topological polar surface area (TPSA) is 87.7 Å². The van der Waals surface area contributed by atoms with Gasteiger partial charge in [-0.3, -0.25) is 9.69 Å². The molecule has 2 aliphatic heterocycles. The van der Waals surface area contributed by atoms with E-state index in [0.717, 1.165) is 43.1 Å². The number of nitrogens with zero attached hydrogens (tertiary/aromatic N) is 1. The number of piperidine rings is 1. The highest BCUT2D eigenvalue weighted by molar-refractivity contribution is 8.00. The molecule has 0 saturated carbocycles. The van der Waals surface area contributed by atoms with Gasteiger partial charge in [-0.2, -0.15) is 0 Å². The van der Waals surface area contributed by atoms with Crippen molar-refractivity contribution >= 4 is 33.4 Å². The Labute approximate surface area is 200 Å². The summed E-state index contributed by atoms with van der Waals surface area (Å²) in [6, 6.07) is 13.0. The molecule has 1 saturated heterocycles. The van der Waals surface area contributed by atoms with E-state index >= 15 is 0 Å². The van der Waals surface area contributed by atoms with Gasteiger partial charge in [-0.15, -0.1) is 11.8 Å². The van der Waals surface area contributed by atoms with Crippen LogP contribution in [-0.2, 0) is 21.4 Å². The fourth-order valence-electron chi connectivity index (χ4n) is 4.33.